The molecule has 0 saturated carbocycles. The van der Waals surface area contributed by atoms with Gasteiger partial charge in [0.25, 0.3) is 0 Å². The quantitative estimate of drug-likeness (QED) is 0.465. The zero-order chi connectivity index (χ0) is 10.3. The molecule has 0 heterocycles. The summed E-state index contributed by atoms with van der Waals surface area (Å²) in [4.78, 5) is 10.9. The van der Waals surface area contributed by atoms with Crippen LogP contribution in [0.1, 0.15) is 26.7 Å². The molecule has 0 aromatic rings. The number of ether oxygens (including phenoxy) is 1. The summed E-state index contributed by atoms with van der Waals surface area (Å²) in [6, 6.07) is -0.890. The average molecular weight is 189 g/mol. The van der Waals surface area contributed by atoms with Gasteiger partial charge in [-0.05, 0) is 18.8 Å². The van der Waals surface area contributed by atoms with Gasteiger partial charge in [0.1, 0.15) is 6.04 Å². The Morgan fingerprint density at radius 3 is 2.62 bits per heavy atom. The Labute approximate surface area is 79.1 Å². The van der Waals surface area contributed by atoms with E-state index in [0.29, 0.717) is 12.5 Å². The van der Waals surface area contributed by atoms with E-state index in [0.717, 1.165) is 12.8 Å². The highest BCUT2D eigenvalue weighted by molar-refractivity contribution is 5.75. The molecule has 4 nitrogen and oxygen atoms in total. The number of nitrogens with two attached hydrogens (primary N) is 1. The van der Waals surface area contributed by atoms with Crippen LogP contribution in [-0.4, -0.2) is 30.3 Å². The van der Waals surface area contributed by atoms with Gasteiger partial charge < -0.3 is 15.6 Å². The fourth-order valence-corrected chi connectivity index (χ4v) is 0.846. The minimum absolute atomic E-state index is 0.358. The average Bonchev–Trinajstić information content (AvgIpc) is 2.10. The third-order valence-corrected chi connectivity index (χ3v) is 1.67. The van der Waals surface area contributed by atoms with Crippen molar-refractivity contribution in [2.75, 3.05) is 13.2 Å². The number of rotatable bonds is 6. The maximum absolute atomic E-state index is 10.9. The first-order valence-corrected chi connectivity index (χ1v) is 4.61. The fourth-order valence-electron chi connectivity index (χ4n) is 0.846. The molecule has 0 amide bonds. The Balaban J connectivity index is 3.37. The molecule has 0 spiro atoms. The predicted molar refractivity (Wildman–Crippen MR) is 50.1 cm³/mol. The van der Waals surface area contributed by atoms with Crippen molar-refractivity contribution in [3.63, 3.8) is 0 Å². The lowest BCUT2D eigenvalue weighted by molar-refractivity contribution is -0.146. The van der Waals surface area contributed by atoms with Gasteiger partial charge in [-0.25, -0.2) is 0 Å². The van der Waals surface area contributed by atoms with Crippen LogP contribution in [0.2, 0.25) is 0 Å². The summed E-state index contributed by atoms with van der Waals surface area (Å²) in [6.07, 6.45) is 1.88. The highest BCUT2D eigenvalue weighted by Crippen LogP contribution is 2.03. The molecule has 13 heavy (non-hydrogen) atoms. The van der Waals surface area contributed by atoms with Crippen molar-refractivity contribution in [2.45, 2.75) is 32.7 Å². The zero-order valence-electron chi connectivity index (χ0n) is 8.32. The van der Waals surface area contributed by atoms with E-state index in [1.165, 1.54) is 0 Å². The molecular formula is C9H19NO3. The number of carbonyl (C=O) groups excluding carboxylic acids is 1. The lowest BCUT2D eigenvalue weighted by Gasteiger charge is -2.09. The molecule has 0 aliphatic heterocycles. The van der Waals surface area contributed by atoms with Crippen LogP contribution in [0.25, 0.3) is 0 Å². The van der Waals surface area contributed by atoms with E-state index in [1.54, 1.807) is 0 Å². The monoisotopic (exact) mass is 189 g/mol. The molecule has 78 valence electrons. The van der Waals surface area contributed by atoms with Gasteiger partial charge in [-0.2, -0.15) is 0 Å². The second-order valence-electron chi connectivity index (χ2n) is 3.49. The molecule has 0 unspecified atom stereocenters. The molecule has 0 aliphatic rings. The molecule has 0 aromatic heterocycles. The molecule has 0 bridgehead atoms. The number of aliphatic hydroxyl groups excluding tert-OH is 1. The lowest BCUT2D eigenvalue weighted by atomic mass is 10.1. The Morgan fingerprint density at radius 2 is 2.15 bits per heavy atom. The summed E-state index contributed by atoms with van der Waals surface area (Å²) in [5, 5.41) is 8.52. The van der Waals surface area contributed by atoms with Crippen molar-refractivity contribution in [1.82, 2.24) is 0 Å². The molecule has 0 saturated heterocycles. The smallest absolute Gasteiger partial charge is 0.325 e. The first kappa shape index (κ1) is 12.4. The van der Waals surface area contributed by atoms with E-state index in [1.807, 2.05) is 0 Å². The summed E-state index contributed by atoms with van der Waals surface area (Å²) in [5.74, 6) is 0.0940. The Morgan fingerprint density at radius 1 is 1.54 bits per heavy atom. The number of carbonyl (C=O) groups is 1. The van der Waals surface area contributed by atoms with Crippen LogP contribution in [0.15, 0.2) is 0 Å². The van der Waals surface area contributed by atoms with Crippen LogP contribution in [0.3, 0.4) is 0 Å². The standard InChI is InChI=1S/C9H19NO3/c1-7(2)4-3-5-13-9(12)8(10)6-11/h7-8,11H,3-6,10H2,1-2H3/t8-/m0/s1. The Bertz CT molecular complexity index is 148. The first-order chi connectivity index (χ1) is 6.07. The molecule has 0 rings (SSSR count). The minimum atomic E-state index is -0.890. The molecule has 0 aromatic carbocycles. The normalized spacial score (nSPS) is 13.0. The van der Waals surface area contributed by atoms with E-state index < -0.39 is 12.0 Å². The molecule has 0 fully saturated rings. The van der Waals surface area contributed by atoms with Gasteiger partial charge in [0.05, 0.1) is 13.2 Å². The molecule has 0 radical (unpaired) electrons. The van der Waals surface area contributed by atoms with Crippen molar-refractivity contribution >= 4 is 5.97 Å². The largest absolute Gasteiger partial charge is 0.464 e. The van der Waals surface area contributed by atoms with Gasteiger partial charge in [0.15, 0.2) is 0 Å². The summed E-state index contributed by atoms with van der Waals surface area (Å²) in [7, 11) is 0. The third kappa shape index (κ3) is 6.54. The van der Waals surface area contributed by atoms with Crippen LogP contribution < -0.4 is 5.73 Å². The molecule has 1 atom stereocenters. The van der Waals surface area contributed by atoms with Crippen LogP contribution in [0, 0.1) is 5.92 Å². The van der Waals surface area contributed by atoms with Crippen molar-refractivity contribution in [2.24, 2.45) is 11.7 Å². The number of hydrogen-bond acceptors (Lipinski definition) is 4. The molecule has 4 heteroatoms. The van der Waals surface area contributed by atoms with Crippen LogP contribution >= 0.6 is 0 Å². The van der Waals surface area contributed by atoms with E-state index in [4.69, 9.17) is 15.6 Å². The number of hydrogen-bond donors (Lipinski definition) is 2. The van der Waals surface area contributed by atoms with E-state index in [9.17, 15) is 4.79 Å². The molecule has 0 aliphatic carbocycles. The van der Waals surface area contributed by atoms with Crippen molar-refractivity contribution in [3.8, 4) is 0 Å². The van der Waals surface area contributed by atoms with Crippen molar-refractivity contribution in [3.05, 3.63) is 0 Å². The third-order valence-electron chi connectivity index (χ3n) is 1.67. The second-order valence-corrected chi connectivity index (χ2v) is 3.49. The maximum Gasteiger partial charge on any atom is 0.325 e. The summed E-state index contributed by atoms with van der Waals surface area (Å²) in [5.41, 5.74) is 5.23. The summed E-state index contributed by atoms with van der Waals surface area (Å²) < 4.78 is 4.82. The first-order valence-electron chi connectivity index (χ1n) is 4.61. The SMILES string of the molecule is CC(C)CCCOC(=O)[C@@H](N)CO. The van der Waals surface area contributed by atoms with Gasteiger partial charge in [-0.15, -0.1) is 0 Å². The van der Waals surface area contributed by atoms with E-state index >= 15 is 0 Å². The fraction of sp³-hybridized carbons (Fsp3) is 0.889. The van der Waals surface area contributed by atoms with Gasteiger partial charge in [0.2, 0.25) is 0 Å². The molecule has 3 N–H and O–H groups in total. The van der Waals surface area contributed by atoms with Crippen molar-refractivity contribution < 1.29 is 14.6 Å². The second kappa shape index (κ2) is 6.86. The maximum atomic E-state index is 10.9. The van der Waals surface area contributed by atoms with Crippen LogP contribution in [0.4, 0.5) is 0 Å². The van der Waals surface area contributed by atoms with Gasteiger partial charge in [-0.1, -0.05) is 13.8 Å². The topological polar surface area (TPSA) is 72.5 Å². The Kier molecular flexibility index (Phi) is 6.54. The number of esters is 1. The van der Waals surface area contributed by atoms with Crippen LogP contribution in [0.5, 0.6) is 0 Å². The Hall–Kier alpha value is -0.610. The number of aliphatic hydroxyl groups is 1. The highest BCUT2D eigenvalue weighted by Gasteiger charge is 2.12. The zero-order valence-corrected chi connectivity index (χ0v) is 8.32. The highest BCUT2D eigenvalue weighted by atomic mass is 16.5. The predicted octanol–water partition coefficient (Wildman–Crippen LogP) is 0.285. The lowest BCUT2D eigenvalue weighted by Crippen LogP contribution is -2.35. The van der Waals surface area contributed by atoms with Gasteiger partial charge in [-0.3, -0.25) is 4.79 Å². The van der Waals surface area contributed by atoms with Gasteiger partial charge >= 0.3 is 5.97 Å². The van der Waals surface area contributed by atoms with E-state index in [-0.39, 0.29) is 6.61 Å². The van der Waals surface area contributed by atoms with E-state index in [2.05, 4.69) is 13.8 Å². The van der Waals surface area contributed by atoms with Crippen LogP contribution in [-0.2, 0) is 9.53 Å². The van der Waals surface area contributed by atoms with Gasteiger partial charge in [0, 0.05) is 0 Å². The molecular weight excluding hydrogens is 170 g/mol. The van der Waals surface area contributed by atoms with Crippen molar-refractivity contribution in [1.29, 1.82) is 0 Å². The minimum Gasteiger partial charge on any atom is -0.464 e. The summed E-state index contributed by atoms with van der Waals surface area (Å²) in [6.45, 7) is 4.26. The summed E-state index contributed by atoms with van der Waals surface area (Å²) >= 11 is 0.